The Morgan fingerprint density at radius 3 is 2.71 bits per heavy atom. The number of hydrogen-bond acceptors (Lipinski definition) is 4. The highest BCUT2D eigenvalue weighted by molar-refractivity contribution is 5.85. The highest BCUT2D eigenvalue weighted by Gasteiger charge is 2.25. The maximum Gasteiger partial charge on any atom is 0.126 e. The molecule has 1 aromatic heterocycles. The first-order valence-electron chi connectivity index (χ1n) is 7.20. The molecule has 0 saturated carbocycles. The van der Waals surface area contributed by atoms with Crippen LogP contribution in [-0.4, -0.2) is 55.1 Å². The van der Waals surface area contributed by atoms with Gasteiger partial charge in [0.05, 0.1) is 13.2 Å². The molecule has 110 valence electrons. The standard InChI is InChI=1S/C16H20N4O/c1-19-5-7-20(8-6-19)16(10-17)14-11-18-15-4-3-12(21-2)9-13(14)15/h3-4,9,11,16,18H,5-8H2,1-2H3. The van der Waals surface area contributed by atoms with E-state index in [1.807, 2.05) is 24.4 Å². The predicted molar refractivity (Wildman–Crippen MR) is 82.3 cm³/mol. The minimum absolute atomic E-state index is 0.209. The summed E-state index contributed by atoms with van der Waals surface area (Å²) in [4.78, 5) is 7.81. The number of hydrogen-bond donors (Lipinski definition) is 1. The van der Waals surface area contributed by atoms with Crippen LogP contribution in [0.3, 0.4) is 0 Å². The van der Waals surface area contributed by atoms with E-state index in [2.05, 4.69) is 27.9 Å². The fourth-order valence-corrected chi connectivity index (χ4v) is 2.90. The molecule has 1 aliphatic rings. The SMILES string of the molecule is COc1ccc2[nH]cc(C(C#N)N3CCN(C)CC3)c2c1. The number of rotatable bonds is 3. The molecular formula is C16H20N4O. The van der Waals surface area contributed by atoms with E-state index >= 15 is 0 Å². The third-order valence-electron chi connectivity index (χ3n) is 4.24. The highest BCUT2D eigenvalue weighted by atomic mass is 16.5. The lowest BCUT2D eigenvalue weighted by Gasteiger charge is -2.35. The minimum Gasteiger partial charge on any atom is -0.497 e. The van der Waals surface area contributed by atoms with Gasteiger partial charge >= 0.3 is 0 Å². The number of nitriles is 1. The third kappa shape index (κ3) is 2.60. The van der Waals surface area contributed by atoms with Crippen LogP contribution < -0.4 is 4.74 Å². The molecule has 0 radical (unpaired) electrons. The maximum atomic E-state index is 9.65. The molecule has 21 heavy (non-hydrogen) atoms. The lowest BCUT2D eigenvalue weighted by atomic mass is 10.0. The number of aromatic amines is 1. The zero-order valence-electron chi connectivity index (χ0n) is 12.5. The van der Waals surface area contributed by atoms with Crippen molar-refractivity contribution in [1.29, 1.82) is 5.26 Å². The summed E-state index contributed by atoms with van der Waals surface area (Å²) >= 11 is 0. The maximum absolute atomic E-state index is 9.65. The lowest BCUT2D eigenvalue weighted by molar-refractivity contribution is 0.133. The van der Waals surface area contributed by atoms with E-state index in [4.69, 9.17) is 4.74 Å². The smallest absolute Gasteiger partial charge is 0.126 e. The summed E-state index contributed by atoms with van der Waals surface area (Å²) < 4.78 is 5.30. The fourth-order valence-electron chi connectivity index (χ4n) is 2.90. The Hall–Kier alpha value is -2.03. The van der Waals surface area contributed by atoms with Crippen molar-refractivity contribution in [3.63, 3.8) is 0 Å². The van der Waals surface area contributed by atoms with Crippen LogP contribution >= 0.6 is 0 Å². The number of methoxy groups -OCH3 is 1. The third-order valence-corrected chi connectivity index (χ3v) is 4.24. The number of likely N-dealkylation sites (N-methyl/N-ethyl adjacent to an activating group) is 1. The van der Waals surface area contributed by atoms with Crippen LogP contribution in [0.25, 0.3) is 10.9 Å². The molecule has 2 aromatic rings. The number of H-pyrrole nitrogens is 1. The Kier molecular flexibility index (Phi) is 3.82. The Balaban J connectivity index is 1.95. The van der Waals surface area contributed by atoms with Crippen LogP contribution in [-0.2, 0) is 0 Å². The van der Waals surface area contributed by atoms with Crippen LogP contribution in [0.2, 0.25) is 0 Å². The Morgan fingerprint density at radius 2 is 2.05 bits per heavy atom. The first kappa shape index (κ1) is 13.9. The second-order valence-electron chi connectivity index (χ2n) is 5.53. The first-order chi connectivity index (χ1) is 10.2. The normalized spacial score (nSPS) is 18.5. The molecule has 1 N–H and O–H groups in total. The number of fused-ring (bicyclic) bond motifs is 1. The summed E-state index contributed by atoms with van der Waals surface area (Å²) in [5.41, 5.74) is 2.08. The van der Waals surface area contributed by atoms with Crippen molar-refractivity contribution in [2.24, 2.45) is 0 Å². The number of piperazine rings is 1. The van der Waals surface area contributed by atoms with Gasteiger partial charge in [-0.05, 0) is 25.2 Å². The quantitative estimate of drug-likeness (QED) is 0.936. The zero-order valence-corrected chi connectivity index (χ0v) is 12.5. The van der Waals surface area contributed by atoms with Gasteiger partial charge in [0, 0.05) is 48.8 Å². The molecule has 1 aliphatic heterocycles. The summed E-state index contributed by atoms with van der Waals surface area (Å²) in [7, 11) is 3.78. The van der Waals surface area contributed by atoms with E-state index in [9.17, 15) is 5.26 Å². The van der Waals surface area contributed by atoms with Crippen molar-refractivity contribution in [3.8, 4) is 11.8 Å². The van der Waals surface area contributed by atoms with Crippen LogP contribution in [0.4, 0.5) is 0 Å². The van der Waals surface area contributed by atoms with Gasteiger partial charge in [-0.2, -0.15) is 5.26 Å². The van der Waals surface area contributed by atoms with Crippen LogP contribution in [0.5, 0.6) is 5.75 Å². The largest absolute Gasteiger partial charge is 0.497 e. The Morgan fingerprint density at radius 1 is 1.29 bits per heavy atom. The van der Waals surface area contributed by atoms with Gasteiger partial charge in [-0.15, -0.1) is 0 Å². The molecular weight excluding hydrogens is 264 g/mol. The summed E-state index contributed by atoms with van der Waals surface area (Å²) in [6.07, 6.45) is 1.95. The van der Waals surface area contributed by atoms with Gasteiger partial charge in [-0.1, -0.05) is 0 Å². The number of nitrogens with zero attached hydrogens (tertiary/aromatic N) is 3. The van der Waals surface area contributed by atoms with E-state index in [1.165, 1.54) is 0 Å². The van der Waals surface area contributed by atoms with E-state index < -0.39 is 0 Å². The topological polar surface area (TPSA) is 55.3 Å². The summed E-state index contributed by atoms with van der Waals surface area (Å²) in [5, 5.41) is 10.7. The molecule has 5 nitrogen and oxygen atoms in total. The molecule has 0 aliphatic carbocycles. The van der Waals surface area contributed by atoms with Gasteiger partial charge in [0.15, 0.2) is 0 Å². The molecule has 3 rings (SSSR count). The molecule has 0 bridgehead atoms. The van der Waals surface area contributed by atoms with Gasteiger partial charge in [-0.25, -0.2) is 0 Å². The molecule has 5 heteroatoms. The van der Waals surface area contributed by atoms with Gasteiger partial charge in [0.2, 0.25) is 0 Å². The van der Waals surface area contributed by atoms with E-state index in [0.29, 0.717) is 0 Å². The number of benzene rings is 1. The molecule has 1 unspecified atom stereocenters. The van der Waals surface area contributed by atoms with Gasteiger partial charge in [0.25, 0.3) is 0 Å². The molecule has 1 aromatic carbocycles. The second kappa shape index (κ2) is 5.76. The molecule has 0 amide bonds. The summed E-state index contributed by atoms with van der Waals surface area (Å²) in [5.74, 6) is 0.818. The van der Waals surface area contributed by atoms with Crippen LogP contribution in [0.1, 0.15) is 11.6 Å². The Bertz CT molecular complexity index is 664. The molecule has 1 saturated heterocycles. The molecule has 2 heterocycles. The summed E-state index contributed by atoms with van der Waals surface area (Å²) in [6, 6.07) is 8.18. The van der Waals surface area contributed by atoms with Crippen molar-refractivity contribution >= 4 is 10.9 Å². The monoisotopic (exact) mass is 284 g/mol. The average molecular weight is 284 g/mol. The number of ether oxygens (including phenoxy) is 1. The van der Waals surface area contributed by atoms with E-state index in [0.717, 1.165) is 48.4 Å². The highest BCUT2D eigenvalue weighted by Crippen LogP contribution is 2.31. The van der Waals surface area contributed by atoms with E-state index in [-0.39, 0.29) is 6.04 Å². The molecule has 1 fully saturated rings. The zero-order chi connectivity index (χ0) is 14.8. The van der Waals surface area contributed by atoms with Gasteiger partial charge in [0.1, 0.15) is 11.8 Å². The van der Waals surface area contributed by atoms with Crippen molar-refractivity contribution < 1.29 is 4.74 Å². The number of aromatic nitrogens is 1. The predicted octanol–water partition coefficient (Wildman–Crippen LogP) is 1.99. The lowest BCUT2D eigenvalue weighted by Crippen LogP contribution is -2.45. The average Bonchev–Trinajstić information content (AvgIpc) is 2.93. The van der Waals surface area contributed by atoms with E-state index in [1.54, 1.807) is 7.11 Å². The van der Waals surface area contributed by atoms with Crippen molar-refractivity contribution in [1.82, 2.24) is 14.8 Å². The summed E-state index contributed by atoms with van der Waals surface area (Å²) in [6.45, 7) is 3.85. The molecule has 1 atom stereocenters. The second-order valence-corrected chi connectivity index (χ2v) is 5.53. The Labute approximate surface area is 124 Å². The molecule has 0 spiro atoms. The van der Waals surface area contributed by atoms with Crippen molar-refractivity contribution in [3.05, 3.63) is 30.0 Å². The first-order valence-corrected chi connectivity index (χ1v) is 7.20. The minimum atomic E-state index is -0.209. The fraction of sp³-hybridized carbons (Fsp3) is 0.438. The number of nitrogens with one attached hydrogen (secondary N) is 1. The van der Waals surface area contributed by atoms with Gasteiger partial charge < -0.3 is 14.6 Å². The van der Waals surface area contributed by atoms with Crippen LogP contribution in [0, 0.1) is 11.3 Å². The van der Waals surface area contributed by atoms with Gasteiger partial charge in [-0.3, -0.25) is 4.90 Å². The van der Waals surface area contributed by atoms with Crippen molar-refractivity contribution in [2.75, 3.05) is 40.3 Å². The van der Waals surface area contributed by atoms with Crippen LogP contribution in [0.15, 0.2) is 24.4 Å². The van der Waals surface area contributed by atoms with Crippen molar-refractivity contribution in [2.45, 2.75) is 6.04 Å².